The van der Waals surface area contributed by atoms with Crippen LogP contribution >= 0.6 is 0 Å². The highest BCUT2D eigenvalue weighted by Crippen LogP contribution is 2.18. The largest absolute Gasteiger partial charge is 0.468 e. The molecule has 0 saturated carbocycles. The van der Waals surface area contributed by atoms with Gasteiger partial charge in [-0.2, -0.15) is 0 Å². The van der Waals surface area contributed by atoms with Gasteiger partial charge in [-0.15, -0.1) is 0 Å². The molecule has 2 atom stereocenters. The maximum Gasteiger partial charge on any atom is 0.314 e. The zero-order valence-electron chi connectivity index (χ0n) is 14.8. The second-order valence-corrected chi connectivity index (χ2v) is 5.44. The molecule has 1 aromatic carbocycles. The van der Waals surface area contributed by atoms with Gasteiger partial charge in [0.1, 0.15) is 6.10 Å². The molecule has 24 heavy (non-hydrogen) atoms. The molecular weight excluding hydrogens is 310 g/mol. The molecule has 6 heteroatoms. The minimum Gasteiger partial charge on any atom is -0.468 e. The van der Waals surface area contributed by atoms with E-state index in [4.69, 9.17) is 14.2 Å². The van der Waals surface area contributed by atoms with Crippen molar-refractivity contribution in [3.63, 3.8) is 0 Å². The van der Waals surface area contributed by atoms with Gasteiger partial charge in [-0.1, -0.05) is 29.8 Å². The van der Waals surface area contributed by atoms with E-state index in [1.165, 1.54) is 7.11 Å². The first-order valence-electron chi connectivity index (χ1n) is 8.11. The predicted molar refractivity (Wildman–Crippen MR) is 90.9 cm³/mol. The van der Waals surface area contributed by atoms with Crippen molar-refractivity contribution in [2.75, 3.05) is 33.5 Å². The molecule has 0 bridgehead atoms. The highest BCUT2D eigenvalue weighted by molar-refractivity contribution is 5.83. The summed E-state index contributed by atoms with van der Waals surface area (Å²) in [5.41, 5.74) is 1.85. The van der Waals surface area contributed by atoms with E-state index in [1.54, 1.807) is 6.92 Å². The van der Waals surface area contributed by atoms with Gasteiger partial charge in [0.15, 0.2) is 0 Å². The Bertz CT molecular complexity index is 532. The SMILES string of the molecule is CCOCCOC(C)C(=O)NCC(C(=O)OC)c1cccc(C)c1. The fourth-order valence-corrected chi connectivity index (χ4v) is 2.22. The van der Waals surface area contributed by atoms with Crippen molar-refractivity contribution in [3.05, 3.63) is 35.4 Å². The Morgan fingerprint density at radius 2 is 2.00 bits per heavy atom. The fourth-order valence-electron chi connectivity index (χ4n) is 2.22. The molecule has 0 radical (unpaired) electrons. The molecule has 0 fully saturated rings. The van der Waals surface area contributed by atoms with Crippen LogP contribution in [0.4, 0.5) is 0 Å². The number of carbonyl (C=O) groups excluding carboxylic acids is 2. The smallest absolute Gasteiger partial charge is 0.314 e. The van der Waals surface area contributed by atoms with Crippen molar-refractivity contribution in [2.24, 2.45) is 0 Å². The molecule has 0 heterocycles. The van der Waals surface area contributed by atoms with Gasteiger partial charge < -0.3 is 19.5 Å². The molecular formula is C18H27NO5. The number of amides is 1. The second-order valence-electron chi connectivity index (χ2n) is 5.44. The van der Waals surface area contributed by atoms with Gasteiger partial charge in [0.25, 0.3) is 0 Å². The minimum atomic E-state index is -0.610. The van der Waals surface area contributed by atoms with E-state index in [1.807, 2.05) is 38.1 Å². The number of aryl methyl sites for hydroxylation is 1. The van der Waals surface area contributed by atoms with E-state index in [0.29, 0.717) is 19.8 Å². The number of ether oxygens (including phenoxy) is 3. The van der Waals surface area contributed by atoms with E-state index in [0.717, 1.165) is 11.1 Å². The quantitative estimate of drug-likeness (QED) is 0.521. The molecule has 134 valence electrons. The average molecular weight is 337 g/mol. The zero-order chi connectivity index (χ0) is 17.9. The molecule has 0 saturated heterocycles. The molecule has 0 aromatic heterocycles. The molecule has 0 spiro atoms. The molecule has 0 aliphatic carbocycles. The zero-order valence-corrected chi connectivity index (χ0v) is 14.8. The highest BCUT2D eigenvalue weighted by atomic mass is 16.5. The van der Waals surface area contributed by atoms with Gasteiger partial charge in [0.05, 0.1) is 26.2 Å². The van der Waals surface area contributed by atoms with E-state index in [-0.39, 0.29) is 18.4 Å². The summed E-state index contributed by atoms with van der Waals surface area (Å²) in [4.78, 5) is 24.1. The standard InChI is InChI=1S/C18H27NO5/c1-5-23-9-10-24-14(3)17(20)19-12-16(18(21)22-4)15-8-6-7-13(2)11-15/h6-8,11,14,16H,5,9-10,12H2,1-4H3,(H,19,20). The van der Waals surface area contributed by atoms with E-state index in [2.05, 4.69) is 5.32 Å². The van der Waals surface area contributed by atoms with Crippen molar-refractivity contribution >= 4 is 11.9 Å². The summed E-state index contributed by atoms with van der Waals surface area (Å²) in [6.45, 7) is 7.08. The Kier molecular flexibility index (Phi) is 9.04. The van der Waals surface area contributed by atoms with E-state index < -0.39 is 12.0 Å². The summed E-state index contributed by atoms with van der Waals surface area (Å²) in [5, 5.41) is 2.75. The summed E-state index contributed by atoms with van der Waals surface area (Å²) in [5.74, 6) is -1.20. The maximum absolute atomic E-state index is 12.1. The predicted octanol–water partition coefficient (Wildman–Crippen LogP) is 1.81. The Labute approximate surface area is 143 Å². The number of carbonyl (C=O) groups is 2. The summed E-state index contributed by atoms with van der Waals surface area (Å²) < 4.78 is 15.4. The van der Waals surface area contributed by atoms with Crippen molar-refractivity contribution < 1.29 is 23.8 Å². The van der Waals surface area contributed by atoms with E-state index in [9.17, 15) is 9.59 Å². The summed E-state index contributed by atoms with van der Waals surface area (Å²) in [6.07, 6.45) is -0.610. The van der Waals surface area contributed by atoms with Gasteiger partial charge in [-0.25, -0.2) is 0 Å². The van der Waals surface area contributed by atoms with Crippen LogP contribution in [0.2, 0.25) is 0 Å². The normalized spacial score (nSPS) is 13.2. The monoisotopic (exact) mass is 337 g/mol. The molecule has 6 nitrogen and oxygen atoms in total. The molecule has 0 aliphatic rings. The van der Waals surface area contributed by atoms with Gasteiger partial charge >= 0.3 is 5.97 Å². The second kappa shape index (κ2) is 10.8. The summed E-state index contributed by atoms with van der Waals surface area (Å²) in [7, 11) is 1.34. The third-order valence-corrected chi connectivity index (χ3v) is 3.58. The lowest BCUT2D eigenvalue weighted by atomic mass is 9.97. The number of rotatable bonds is 10. The number of esters is 1. The van der Waals surface area contributed by atoms with Crippen LogP contribution in [-0.2, 0) is 23.8 Å². The third-order valence-electron chi connectivity index (χ3n) is 3.58. The van der Waals surface area contributed by atoms with Crippen molar-refractivity contribution in [2.45, 2.75) is 32.8 Å². The van der Waals surface area contributed by atoms with Gasteiger partial charge in [-0.05, 0) is 26.3 Å². The molecule has 1 N–H and O–H groups in total. The number of methoxy groups -OCH3 is 1. The molecule has 1 rings (SSSR count). The first-order chi connectivity index (χ1) is 11.5. The summed E-state index contributed by atoms with van der Waals surface area (Å²) in [6, 6.07) is 7.59. The minimum absolute atomic E-state index is 0.161. The number of hydrogen-bond acceptors (Lipinski definition) is 5. The fraction of sp³-hybridized carbons (Fsp3) is 0.556. The number of hydrogen-bond donors (Lipinski definition) is 1. The Balaban J connectivity index is 2.59. The maximum atomic E-state index is 12.1. The Morgan fingerprint density at radius 3 is 2.62 bits per heavy atom. The molecule has 1 aromatic rings. The topological polar surface area (TPSA) is 73.9 Å². The first-order valence-corrected chi connectivity index (χ1v) is 8.11. The number of nitrogens with one attached hydrogen (secondary N) is 1. The number of benzene rings is 1. The van der Waals surface area contributed by atoms with Crippen LogP contribution in [0.1, 0.15) is 30.9 Å². The van der Waals surface area contributed by atoms with Crippen LogP contribution in [-0.4, -0.2) is 51.5 Å². The van der Waals surface area contributed by atoms with Crippen molar-refractivity contribution in [1.82, 2.24) is 5.32 Å². The van der Waals surface area contributed by atoms with Crippen LogP contribution in [0.25, 0.3) is 0 Å². The van der Waals surface area contributed by atoms with Crippen molar-refractivity contribution in [3.8, 4) is 0 Å². The van der Waals surface area contributed by atoms with Crippen molar-refractivity contribution in [1.29, 1.82) is 0 Å². The molecule has 1 amide bonds. The highest BCUT2D eigenvalue weighted by Gasteiger charge is 2.23. The summed E-state index contributed by atoms with van der Waals surface area (Å²) >= 11 is 0. The van der Waals surface area contributed by atoms with Gasteiger partial charge in [0.2, 0.25) is 5.91 Å². The Morgan fingerprint density at radius 1 is 1.25 bits per heavy atom. The molecule has 2 unspecified atom stereocenters. The van der Waals surface area contributed by atoms with Crippen LogP contribution < -0.4 is 5.32 Å². The van der Waals surface area contributed by atoms with Crippen LogP contribution in [0, 0.1) is 6.92 Å². The molecule has 0 aliphatic heterocycles. The van der Waals surface area contributed by atoms with Crippen LogP contribution in [0.5, 0.6) is 0 Å². The lowest BCUT2D eigenvalue weighted by Gasteiger charge is -2.18. The van der Waals surface area contributed by atoms with Crippen LogP contribution in [0.15, 0.2) is 24.3 Å². The lowest BCUT2D eigenvalue weighted by molar-refractivity contribution is -0.142. The average Bonchev–Trinajstić information content (AvgIpc) is 2.58. The van der Waals surface area contributed by atoms with Crippen LogP contribution in [0.3, 0.4) is 0 Å². The lowest BCUT2D eigenvalue weighted by Crippen LogP contribution is -2.39. The first kappa shape index (κ1) is 20.1. The Hall–Kier alpha value is -1.92. The van der Waals surface area contributed by atoms with E-state index >= 15 is 0 Å². The third kappa shape index (κ3) is 6.68. The van der Waals surface area contributed by atoms with Gasteiger partial charge in [-0.3, -0.25) is 9.59 Å². The van der Waals surface area contributed by atoms with Gasteiger partial charge in [0, 0.05) is 13.2 Å².